The molecular weight excluding hydrogens is 148 g/mol. The summed E-state index contributed by atoms with van der Waals surface area (Å²) in [6.45, 7) is 4.00. The fourth-order valence-electron chi connectivity index (χ4n) is 1.19. The number of nitrogen functional groups attached to an aromatic ring is 1. The highest BCUT2D eigenvalue weighted by atomic mass is 14.6. The number of benzene rings is 1. The minimum absolute atomic E-state index is 0.201. The molecule has 0 saturated heterocycles. The van der Waals surface area contributed by atoms with Gasteiger partial charge in [-0.3, -0.25) is 0 Å². The lowest BCUT2D eigenvalue weighted by Crippen LogP contribution is -2.17. The van der Waals surface area contributed by atoms with Gasteiger partial charge in [0.1, 0.15) is 0 Å². The molecule has 2 nitrogen and oxygen atoms in total. The molecule has 66 valence electrons. The third kappa shape index (κ3) is 2.24. The summed E-state index contributed by atoms with van der Waals surface area (Å²) in [6, 6.07) is 6.31. The standard InChI is InChI=1S/C10H16N2/c1-7-3-4-9(5-8(2)11)6-10(7)12/h3-4,6,8H,5,11-12H2,1-2H3/t8-/m1/s1. The van der Waals surface area contributed by atoms with Crippen molar-refractivity contribution in [2.24, 2.45) is 5.73 Å². The summed E-state index contributed by atoms with van der Waals surface area (Å²) in [6.07, 6.45) is 0.893. The molecule has 2 heteroatoms. The van der Waals surface area contributed by atoms with E-state index in [0.717, 1.165) is 17.7 Å². The van der Waals surface area contributed by atoms with Gasteiger partial charge in [-0.1, -0.05) is 12.1 Å². The van der Waals surface area contributed by atoms with Crippen LogP contribution in [0, 0.1) is 6.92 Å². The molecule has 1 aromatic carbocycles. The molecule has 0 heterocycles. The number of hydrogen-bond acceptors (Lipinski definition) is 2. The first-order chi connectivity index (χ1) is 5.59. The Bertz CT molecular complexity index is 267. The molecule has 12 heavy (non-hydrogen) atoms. The quantitative estimate of drug-likeness (QED) is 0.650. The van der Waals surface area contributed by atoms with Crippen molar-refractivity contribution in [1.29, 1.82) is 0 Å². The molecular formula is C10H16N2. The largest absolute Gasteiger partial charge is 0.399 e. The Morgan fingerprint density at radius 1 is 1.42 bits per heavy atom. The molecule has 0 amide bonds. The molecule has 0 fully saturated rings. The lowest BCUT2D eigenvalue weighted by molar-refractivity contribution is 0.738. The van der Waals surface area contributed by atoms with E-state index in [1.807, 2.05) is 26.0 Å². The summed E-state index contributed by atoms with van der Waals surface area (Å²) in [5.41, 5.74) is 14.6. The zero-order valence-corrected chi connectivity index (χ0v) is 7.67. The molecule has 1 rings (SSSR count). The zero-order chi connectivity index (χ0) is 9.14. The van der Waals surface area contributed by atoms with Gasteiger partial charge in [0.2, 0.25) is 0 Å². The van der Waals surface area contributed by atoms with Crippen LogP contribution in [0.1, 0.15) is 18.1 Å². The zero-order valence-electron chi connectivity index (χ0n) is 7.67. The van der Waals surface area contributed by atoms with Gasteiger partial charge in [0.05, 0.1) is 0 Å². The maximum absolute atomic E-state index is 5.76. The summed E-state index contributed by atoms with van der Waals surface area (Å²) in [5, 5.41) is 0. The van der Waals surface area contributed by atoms with E-state index in [4.69, 9.17) is 11.5 Å². The molecule has 0 radical (unpaired) electrons. The molecule has 0 aliphatic carbocycles. The van der Waals surface area contributed by atoms with E-state index in [0.29, 0.717) is 0 Å². The first-order valence-corrected chi connectivity index (χ1v) is 4.20. The first kappa shape index (κ1) is 9.07. The molecule has 0 aliphatic rings. The number of nitrogens with two attached hydrogens (primary N) is 2. The van der Waals surface area contributed by atoms with E-state index in [9.17, 15) is 0 Å². The predicted octanol–water partition coefficient (Wildman–Crippen LogP) is 1.47. The Morgan fingerprint density at radius 2 is 2.08 bits per heavy atom. The van der Waals surface area contributed by atoms with E-state index in [1.165, 1.54) is 5.56 Å². The smallest absolute Gasteiger partial charge is 0.0346 e. The van der Waals surface area contributed by atoms with Gasteiger partial charge < -0.3 is 11.5 Å². The molecule has 1 atom stereocenters. The van der Waals surface area contributed by atoms with Crippen LogP contribution in [0.3, 0.4) is 0 Å². The van der Waals surface area contributed by atoms with Crippen molar-refractivity contribution < 1.29 is 0 Å². The van der Waals surface area contributed by atoms with Gasteiger partial charge in [-0.05, 0) is 37.5 Å². The second kappa shape index (κ2) is 3.59. The van der Waals surface area contributed by atoms with Crippen LogP contribution in [0.25, 0.3) is 0 Å². The molecule has 0 saturated carbocycles. The highest BCUT2D eigenvalue weighted by Crippen LogP contribution is 2.13. The third-order valence-corrected chi connectivity index (χ3v) is 1.90. The van der Waals surface area contributed by atoms with Crippen molar-refractivity contribution in [3.63, 3.8) is 0 Å². The average molecular weight is 164 g/mol. The average Bonchev–Trinajstić information content (AvgIpc) is 1.96. The van der Waals surface area contributed by atoms with Crippen molar-refractivity contribution in [1.82, 2.24) is 0 Å². The van der Waals surface area contributed by atoms with Crippen LogP contribution >= 0.6 is 0 Å². The van der Waals surface area contributed by atoms with Gasteiger partial charge in [-0.2, -0.15) is 0 Å². The van der Waals surface area contributed by atoms with E-state index in [2.05, 4.69) is 6.07 Å². The van der Waals surface area contributed by atoms with E-state index in [1.54, 1.807) is 0 Å². The molecule has 0 bridgehead atoms. The summed E-state index contributed by atoms with van der Waals surface area (Å²) in [5.74, 6) is 0. The van der Waals surface area contributed by atoms with Crippen LogP contribution in [0.4, 0.5) is 5.69 Å². The van der Waals surface area contributed by atoms with Crippen LogP contribution in [0.15, 0.2) is 18.2 Å². The minimum Gasteiger partial charge on any atom is -0.399 e. The Morgan fingerprint density at radius 3 is 2.58 bits per heavy atom. The SMILES string of the molecule is Cc1ccc(C[C@@H](C)N)cc1N. The van der Waals surface area contributed by atoms with Gasteiger partial charge in [-0.25, -0.2) is 0 Å². The van der Waals surface area contributed by atoms with Gasteiger partial charge in [0, 0.05) is 11.7 Å². The van der Waals surface area contributed by atoms with Crippen LogP contribution in [-0.4, -0.2) is 6.04 Å². The van der Waals surface area contributed by atoms with Gasteiger partial charge in [0.25, 0.3) is 0 Å². The fraction of sp³-hybridized carbons (Fsp3) is 0.400. The Balaban J connectivity index is 2.82. The van der Waals surface area contributed by atoms with E-state index >= 15 is 0 Å². The Hall–Kier alpha value is -1.02. The predicted molar refractivity (Wildman–Crippen MR) is 52.9 cm³/mol. The topological polar surface area (TPSA) is 52.0 Å². The lowest BCUT2D eigenvalue weighted by Gasteiger charge is -2.07. The second-order valence-electron chi connectivity index (χ2n) is 3.37. The van der Waals surface area contributed by atoms with Gasteiger partial charge in [-0.15, -0.1) is 0 Å². The summed E-state index contributed by atoms with van der Waals surface area (Å²) >= 11 is 0. The Labute approximate surface area is 73.6 Å². The van der Waals surface area contributed by atoms with Crippen molar-refractivity contribution in [3.8, 4) is 0 Å². The number of anilines is 1. The van der Waals surface area contributed by atoms with Crippen molar-refractivity contribution in [2.45, 2.75) is 26.3 Å². The van der Waals surface area contributed by atoms with E-state index < -0.39 is 0 Å². The maximum Gasteiger partial charge on any atom is 0.0346 e. The number of rotatable bonds is 2. The lowest BCUT2D eigenvalue weighted by atomic mass is 10.0. The van der Waals surface area contributed by atoms with Crippen molar-refractivity contribution in [2.75, 3.05) is 5.73 Å². The second-order valence-corrected chi connectivity index (χ2v) is 3.37. The molecule has 0 spiro atoms. The van der Waals surface area contributed by atoms with Crippen molar-refractivity contribution >= 4 is 5.69 Å². The number of aryl methyl sites for hydroxylation is 1. The van der Waals surface area contributed by atoms with Crippen LogP contribution < -0.4 is 11.5 Å². The third-order valence-electron chi connectivity index (χ3n) is 1.90. The van der Waals surface area contributed by atoms with Crippen molar-refractivity contribution in [3.05, 3.63) is 29.3 Å². The number of hydrogen-bond donors (Lipinski definition) is 2. The fourth-order valence-corrected chi connectivity index (χ4v) is 1.19. The minimum atomic E-state index is 0.201. The molecule has 1 aromatic rings. The monoisotopic (exact) mass is 164 g/mol. The summed E-state index contributed by atoms with van der Waals surface area (Å²) in [4.78, 5) is 0. The molecule has 0 aliphatic heterocycles. The maximum atomic E-state index is 5.76. The van der Waals surface area contributed by atoms with Gasteiger partial charge in [0.15, 0.2) is 0 Å². The molecule has 0 unspecified atom stereocenters. The van der Waals surface area contributed by atoms with Crippen LogP contribution in [0.5, 0.6) is 0 Å². The summed E-state index contributed by atoms with van der Waals surface area (Å²) < 4.78 is 0. The van der Waals surface area contributed by atoms with Crippen LogP contribution in [0.2, 0.25) is 0 Å². The van der Waals surface area contributed by atoms with E-state index in [-0.39, 0.29) is 6.04 Å². The van der Waals surface area contributed by atoms with Crippen LogP contribution in [-0.2, 0) is 6.42 Å². The Kier molecular flexibility index (Phi) is 2.71. The summed E-state index contributed by atoms with van der Waals surface area (Å²) in [7, 11) is 0. The normalized spacial score (nSPS) is 12.9. The highest BCUT2D eigenvalue weighted by molar-refractivity contribution is 5.48. The molecule has 4 N–H and O–H groups in total. The molecule has 0 aromatic heterocycles. The van der Waals surface area contributed by atoms with Gasteiger partial charge >= 0.3 is 0 Å². The first-order valence-electron chi connectivity index (χ1n) is 4.20. The highest BCUT2D eigenvalue weighted by Gasteiger charge is 1.99.